The van der Waals surface area contributed by atoms with Gasteiger partial charge in [0.05, 0.1) is 16.3 Å². The Labute approximate surface area is 150 Å². The summed E-state index contributed by atoms with van der Waals surface area (Å²) in [5, 5.41) is 3.51. The molecule has 1 saturated heterocycles. The van der Waals surface area contributed by atoms with Crippen LogP contribution in [0.4, 0.5) is 16.0 Å². The maximum Gasteiger partial charge on any atom is 0.257 e. The van der Waals surface area contributed by atoms with Gasteiger partial charge in [-0.1, -0.05) is 11.6 Å². The number of nitrogens with one attached hydrogen (secondary N) is 2. The molecule has 3 rings (SSSR count). The van der Waals surface area contributed by atoms with Gasteiger partial charge in [-0.05, 0) is 38.0 Å². The minimum atomic E-state index is -0.417. The molecule has 0 aliphatic carbocycles. The molecule has 134 valence electrons. The number of H-pyrrole nitrogens is 1. The molecule has 0 spiro atoms. The third kappa shape index (κ3) is 4.29. The molecule has 0 unspecified atom stereocenters. The van der Waals surface area contributed by atoms with Gasteiger partial charge in [-0.3, -0.25) is 14.7 Å². The predicted molar refractivity (Wildman–Crippen MR) is 97.3 cm³/mol. The van der Waals surface area contributed by atoms with E-state index in [4.69, 9.17) is 17.3 Å². The lowest BCUT2D eigenvalue weighted by molar-refractivity contribution is 0.210. The fraction of sp³-hybridized carbons (Fsp3) is 0.412. The SMILES string of the molecule is Cc1nc(N)[nH]c(=O)c1CN1CCC(Nc2ccc(F)c(Cl)c2)CC1. The Hall–Kier alpha value is -2.12. The predicted octanol–water partition coefficient (Wildman–Crippen LogP) is 2.53. The summed E-state index contributed by atoms with van der Waals surface area (Å²) in [5.41, 5.74) is 7.52. The first-order valence-corrected chi connectivity index (χ1v) is 8.59. The zero-order chi connectivity index (χ0) is 18.0. The first-order chi connectivity index (χ1) is 11.9. The number of nitrogens with two attached hydrogens (primary N) is 1. The fourth-order valence-corrected chi connectivity index (χ4v) is 3.28. The summed E-state index contributed by atoms with van der Waals surface area (Å²) < 4.78 is 13.2. The average molecular weight is 366 g/mol. The van der Waals surface area contributed by atoms with E-state index in [0.29, 0.717) is 23.8 Å². The van der Waals surface area contributed by atoms with Gasteiger partial charge in [-0.25, -0.2) is 9.37 Å². The van der Waals surface area contributed by atoms with Crippen molar-refractivity contribution >= 4 is 23.2 Å². The number of benzene rings is 1. The van der Waals surface area contributed by atoms with E-state index in [2.05, 4.69) is 20.2 Å². The normalized spacial score (nSPS) is 16.1. The topological polar surface area (TPSA) is 87.0 Å². The molecular weight excluding hydrogens is 345 g/mol. The molecule has 2 aromatic rings. The Morgan fingerprint density at radius 1 is 1.44 bits per heavy atom. The van der Waals surface area contributed by atoms with Crippen molar-refractivity contribution in [2.24, 2.45) is 0 Å². The number of piperidine rings is 1. The lowest BCUT2D eigenvalue weighted by atomic mass is 10.0. The number of aryl methyl sites for hydroxylation is 1. The summed E-state index contributed by atoms with van der Waals surface area (Å²) >= 11 is 5.82. The van der Waals surface area contributed by atoms with Crippen LogP contribution < -0.4 is 16.6 Å². The van der Waals surface area contributed by atoms with Crippen LogP contribution in [0.25, 0.3) is 0 Å². The number of likely N-dealkylation sites (tertiary alicyclic amines) is 1. The number of aromatic amines is 1. The standard InChI is InChI=1S/C17H21ClFN5O/c1-10-13(16(25)23-17(20)21-10)9-24-6-4-11(5-7-24)22-12-2-3-15(19)14(18)8-12/h2-3,8,11,22H,4-7,9H2,1H3,(H3,20,21,23,25). The molecule has 1 fully saturated rings. The van der Waals surface area contributed by atoms with Gasteiger partial charge in [0.15, 0.2) is 0 Å². The van der Waals surface area contributed by atoms with Gasteiger partial charge in [0, 0.05) is 31.4 Å². The second kappa shape index (κ2) is 7.41. The first-order valence-electron chi connectivity index (χ1n) is 8.21. The van der Waals surface area contributed by atoms with Gasteiger partial charge < -0.3 is 11.1 Å². The molecule has 4 N–H and O–H groups in total. The van der Waals surface area contributed by atoms with Crippen LogP contribution >= 0.6 is 11.6 Å². The summed E-state index contributed by atoms with van der Waals surface area (Å²) in [7, 11) is 0. The Morgan fingerprint density at radius 2 is 2.16 bits per heavy atom. The second-order valence-corrected chi connectivity index (χ2v) is 6.75. The summed E-state index contributed by atoms with van der Waals surface area (Å²) in [6.45, 7) is 4.07. The van der Waals surface area contributed by atoms with Crippen LogP contribution in [0.1, 0.15) is 24.1 Å². The fourth-order valence-electron chi connectivity index (χ4n) is 3.10. The molecule has 1 aliphatic heterocycles. The monoisotopic (exact) mass is 365 g/mol. The van der Waals surface area contributed by atoms with Crippen molar-refractivity contribution in [2.45, 2.75) is 32.4 Å². The van der Waals surface area contributed by atoms with Gasteiger partial charge in [-0.15, -0.1) is 0 Å². The molecule has 0 amide bonds. The summed E-state index contributed by atoms with van der Waals surface area (Å²) in [6, 6.07) is 4.95. The van der Waals surface area contributed by atoms with E-state index in [1.54, 1.807) is 19.1 Å². The lowest BCUT2D eigenvalue weighted by Gasteiger charge is -2.32. The molecule has 0 saturated carbocycles. The van der Waals surface area contributed by atoms with E-state index < -0.39 is 5.82 Å². The molecule has 0 bridgehead atoms. The maximum atomic E-state index is 13.2. The molecule has 1 aromatic heterocycles. The lowest BCUT2D eigenvalue weighted by Crippen LogP contribution is -2.40. The van der Waals surface area contributed by atoms with Crippen molar-refractivity contribution in [2.75, 3.05) is 24.1 Å². The molecular formula is C17H21ClFN5O. The smallest absolute Gasteiger partial charge is 0.257 e. The molecule has 8 heteroatoms. The number of hydrogen-bond acceptors (Lipinski definition) is 5. The number of nitrogens with zero attached hydrogens (tertiary/aromatic N) is 2. The largest absolute Gasteiger partial charge is 0.382 e. The Morgan fingerprint density at radius 3 is 2.80 bits per heavy atom. The zero-order valence-corrected chi connectivity index (χ0v) is 14.7. The van der Waals surface area contributed by atoms with Crippen LogP contribution in [-0.2, 0) is 6.54 Å². The number of rotatable bonds is 4. The number of nitrogen functional groups attached to an aromatic ring is 1. The van der Waals surface area contributed by atoms with Crippen molar-refractivity contribution in [3.63, 3.8) is 0 Å². The van der Waals surface area contributed by atoms with E-state index >= 15 is 0 Å². The van der Waals surface area contributed by atoms with Crippen molar-refractivity contribution in [3.05, 3.63) is 50.7 Å². The Bertz CT molecular complexity index is 817. The minimum absolute atomic E-state index is 0.119. The van der Waals surface area contributed by atoms with Gasteiger partial charge >= 0.3 is 0 Å². The summed E-state index contributed by atoms with van der Waals surface area (Å²) in [6.07, 6.45) is 1.85. The Balaban J connectivity index is 1.57. The minimum Gasteiger partial charge on any atom is -0.382 e. The highest BCUT2D eigenvalue weighted by molar-refractivity contribution is 6.31. The van der Waals surface area contributed by atoms with Crippen LogP contribution in [0.5, 0.6) is 0 Å². The van der Waals surface area contributed by atoms with Crippen molar-refractivity contribution < 1.29 is 4.39 Å². The molecule has 25 heavy (non-hydrogen) atoms. The number of aromatic nitrogens is 2. The van der Waals surface area contributed by atoms with Gasteiger partial charge in [0.1, 0.15) is 5.82 Å². The average Bonchev–Trinajstić information content (AvgIpc) is 2.56. The van der Waals surface area contributed by atoms with E-state index in [0.717, 1.165) is 31.6 Å². The van der Waals surface area contributed by atoms with Crippen LogP contribution in [0.15, 0.2) is 23.0 Å². The van der Waals surface area contributed by atoms with E-state index in [1.807, 2.05) is 0 Å². The van der Waals surface area contributed by atoms with Crippen molar-refractivity contribution in [1.29, 1.82) is 0 Å². The highest BCUT2D eigenvalue weighted by Crippen LogP contribution is 2.22. The third-order valence-electron chi connectivity index (χ3n) is 4.50. The second-order valence-electron chi connectivity index (χ2n) is 6.34. The van der Waals surface area contributed by atoms with E-state index in [1.165, 1.54) is 6.07 Å². The quantitative estimate of drug-likeness (QED) is 0.775. The van der Waals surface area contributed by atoms with E-state index in [-0.39, 0.29) is 16.5 Å². The van der Waals surface area contributed by atoms with Crippen LogP contribution in [0.3, 0.4) is 0 Å². The van der Waals surface area contributed by atoms with Crippen molar-refractivity contribution in [1.82, 2.24) is 14.9 Å². The molecule has 1 aromatic carbocycles. The van der Waals surface area contributed by atoms with Gasteiger partial charge in [0.25, 0.3) is 5.56 Å². The first kappa shape index (κ1) is 17.7. The molecule has 6 nitrogen and oxygen atoms in total. The van der Waals surface area contributed by atoms with Gasteiger partial charge in [0.2, 0.25) is 5.95 Å². The third-order valence-corrected chi connectivity index (χ3v) is 4.79. The molecule has 1 aliphatic rings. The van der Waals surface area contributed by atoms with E-state index in [9.17, 15) is 9.18 Å². The molecule has 2 heterocycles. The molecule has 0 atom stereocenters. The summed E-state index contributed by atoms with van der Waals surface area (Å²) in [5.74, 6) is -0.271. The molecule has 0 radical (unpaired) electrons. The van der Waals surface area contributed by atoms with Gasteiger partial charge in [-0.2, -0.15) is 0 Å². The van der Waals surface area contributed by atoms with Crippen LogP contribution in [-0.4, -0.2) is 34.0 Å². The summed E-state index contributed by atoms with van der Waals surface area (Å²) in [4.78, 5) is 20.9. The number of halogens is 2. The zero-order valence-electron chi connectivity index (χ0n) is 14.0. The Kier molecular flexibility index (Phi) is 5.24. The highest BCUT2D eigenvalue weighted by Gasteiger charge is 2.21. The maximum absolute atomic E-state index is 13.2. The number of hydrogen-bond donors (Lipinski definition) is 3. The highest BCUT2D eigenvalue weighted by atomic mass is 35.5. The number of anilines is 2. The van der Waals surface area contributed by atoms with Crippen molar-refractivity contribution in [3.8, 4) is 0 Å². The van der Waals surface area contributed by atoms with Crippen LogP contribution in [0, 0.1) is 12.7 Å². The van der Waals surface area contributed by atoms with Crippen LogP contribution in [0.2, 0.25) is 5.02 Å².